The number of hydrogen-bond acceptors (Lipinski definition) is 10. The zero-order valence-electron chi connectivity index (χ0n) is 28.1. The Labute approximate surface area is 299 Å². The molecule has 11 rings (SSSR count). The van der Waals surface area contributed by atoms with E-state index >= 15 is 0 Å². The maximum atomic E-state index is 13.8. The number of anilines is 2. The van der Waals surface area contributed by atoms with Crippen LogP contribution in [0, 0.1) is 0 Å². The van der Waals surface area contributed by atoms with Crippen molar-refractivity contribution >= 4 is 23.3 Å². The molecule has 10 heteroatoms. The van der Waals surface area contributed by atoms with E-state index < -0.39 is 23.1 Å². The standard InChI is InChI=1S/C42H32N2O8/c45-39-27-5-1-3-7-29(27)41(51-39)31-11-9-25(43-13-17-47-18-14-43)21-35(31)49-37-24-38-34(23-33(37)41)42(30-8-4-2-6-28(30)40(46)52-42)32-12-10-26(22-36(32)50-38)44-15-19-48-20-16-44/h1-12,21-24H,13-20H2/t41-,42+. The molecule has 0 bridgehead atoms. The topological polar surface area (TPSA) is 96.0 Å². The third-order valence-corrected chi connectivity index (χ3v) is 11.3. The molecule has 5 aromatic carbocycles. The van der Waals surface area contributed by atoms with Gasteiger partial charge in [-0.2, -0.15) is 0 Å². The molecule has 5 aromatic rings. The molecule has 6 heterocycles. The number of fused-ring (bicyclic) bond motifs is 12. The smallest absolute Gasteiger partial charge is 0.340 e. The number of ether oxygens (including phenoxy) is 6. The lowest BCUT2D eigenvalue weighted by Crippen LogP contribution is -2.38. The van der Waals surface area contributed by atoms with Crippen LogP contribution in [0.5, 0.6) is 23.0 Å². The summed E-state index contributed by atoms with van der Waals surface area (Å²) in [5.41, 5.74) is 4.38. The fraction of sp³-hybridized carbons (Fsp3) is 0.238. The van der Waals surface area contributed by atoms with Crippen molar-refractivity contribution in [2.45, 2.75) is 11.2 Å². The summed E-state index contributed by atoms with van der Waals surface area (Å²) in [5.74, 6) is 1.28. The SMILES string of the molecule is O=C1O[C@@]2(c3ccc(N4CCOCC4)cc3Oc3cc4c(cc32)[C@@]2(OC(=O)c3ccccc32)c2ccc(N3CCOCC3)cc2O4)c2ccccc21. The molecule has 52 heavy (non-hydrogen) atoms. The quantitative estimate of drug-likeness (QED) is 0.191. The first kappa shape index (κ1) is 29.8. The third-order valence-electron chi connectivity index (χ3n) is 11.3. The highest BCUT2D eigenvalue weighted by Gasteiger charge is 2.58. The van der Waals surface area contributed by atoms with Crippen LogP contribution in [0.2, 0.25) is 0 Å². The van der Waals surface area contributed by atoms with Gasteiger partial charge in [-0.25, -0.2) is 9.59 Å². The lowest BCUT2D eigenvalue weighted by atomic mass is 9.73. The normalized spacial score (nSPS) is 23.4. The first-order valence-corrected chi connectivity index (χ1v) is 17.7. The Morgan fingerprint density at radius 1 is 0.442 bits per heavy atom. The van der Waals surface area contributed by atoms with Gasteiger partial charge in [0, 0.05) is 89.1 Å². The molecule has 258 valence electrons. The Bertz CT molecular complexity index is 2200. The average molecular weight is 693 g/mol. The second-order valence-electron chi connectivity index (χ2n) is 13.8. The summed E-state index contributed by atoms with van der Waals surface area (Å²) in [6, 6.07) is 30.9. The molecule has 10 nitrogen and oxygen atoms in total. The summed E-state index contributed by atoms with van der Waals surface area (Å²) in [7, 11) is 0. The van der Waals surface area contributed by atoms with Crippen LogP contribution in [0.15, 0.2) is 97.1 Å². The largest absolute Gasteiger partial charge is 0.456 e. The lowest BCUT2D eigenvalue weighted by molar-refractivity contribution is 0.0208. The van der Waals surface area contributed by atoms with Gasteiger partial charge < -0.3 is 38.2 Å². The predicted molar refractivity (Wildman–Crippen MR) is 189 cm³/mol. The van der Waals surface area contributed by atoms with Crippen LogP contribution in [-0.2, 0) is 30.1 Å². The van der Waals surface area contributed by atoms with Crippen LogP contribution in [0.1, 0.15) is 54.1 Å². The van der Waals surface area contributed by atoms with Gasteiger partial charge in [0.05, 0.1) is 37.6 Å². The van der Waals surface area contributed by atoms with Crippen molar-refractivity contribution in [1.82, 2.24) is 0 Å². The zero-order valence-corrected chi connectivity index (χ0v) is 28.1. The highest BCUT2D eigenvalue weighted by molar-refractivity contribution is 5.98. The molecule has 2 spiro atoms. The van der Waals surface area contributed by atoms with Crippen molar-refractivity contribution in [3.63, 3.8) is 0 Å². The fourth-order valence-corrected chi connectivity index (χ4v) is 8.85. The summed E-state index contributed by atoms with van der Waals surface area (Å²) >= 11 is 0. The van der Waals surface area contributed by atoms with E-state index in [0.29, 0.717) is 82.8 Å². The van der Waals surface area contributed by atoms with E-state index in [4.69, 9.17) is 28.4 Å². The summed E-state index contributed by atoms with van der Waals surface area (Å²) in [6.07, 6.45) is 0. The summed E-state index contributed by atoms with van der Waals surface area (Å²) in [6.45, 7) is 5.60. The van der Waals surface area contributed by atoms with Gasteiger partial charge in [-0.15, -0.1) is 0 Å². The molecule has 0 aromatic heterocycles. The molecule has 0 radical (unpaired) electrons. The van der Waals surface area contributed by atoms with Crippen molar-refractivity contribution < 1.29 is 38.0 Å². The maximum Gasteiger partial charge on any atom is 0.340 e. The Morgan fingerprint density at radius 3 is 1.33 bits per heavy atom. The molecular formula is C42H32N2O8. The van der Waals surface area contributed by atoms with Gasteiger partial charge in [0.25, 0.3) is 0 Å². The fourth-order valence-electron chi connectivity index (χ4n) is 8.85. The molecule has 6 aliphatic heterocycles. The molecule has 0 saturated carbocycles. The third kappa shape index (κ3) is 3.96. The van der Waals surface area contributed by atoms with Crippen LogP contribution >= 0.6 is 0 Å². The number of rotatable bonds is 2. The predicted octanol–water partition coefficient (Wildman–Crippen LogP) is 6.50. The van der Waals surface area contributed by atoms with Gasteiger partial charge in [-0.3, -0.25) is 0 Å². The summed E-state index contributed by atoms with van der Waals surface area (Å²) < 4.78 is 38.0. The van der Waals surface area contributed by atoms with Crippen molar-refractivity contribution in [2.75, 3.05) is 62.4 Å². The molecule has 2 saturated heterocycles. The van der Waals surface area contributed by atoms with E-state index in [1.54, 1.807) is 12.1 Å². The molecule has 6 aliphatic rings. The molecular weight excluding hydrogens is 660 g/mol. The Balaban J connectivity index is 1.15. The number of esters is 2. The number of carbonyl (C=O) groups is 2. The van der Waals surface area contributed by atoms with Gasteiger partial charge in [0.2, 0.25) is 0 Å². The molecule has 0 aliphatic carbocycles. The van der Waals surface area contributed by atoms with Gasteiger partial charge >= 0.3 is 11.9 Å². The number of nitrogens with zero attached hydrogens (tertiary/aromatic N) is 2. The van der Waals surface area contributed by atoms with Gasteiger partial charge in [-0.05, 0) is 42.5 Å². The second-order valence-corrected chi connectivity index (χ2v) is 13.8. The number of hydrogen-bond donors (Lipinski definition) is 0. The maximum absolute atomic E-state index is 13.8. The van der Waals surface area contributed by atoms with Crippen molar-refractivity contribution in [3.8, 4) is 23.0 Å². The van der Waals surface area contributed by atoms with E-state index in [1.165, 1.54) is 0 Å². The van der Waals surface area contributed by atoms with Gasteiger partial charge in [-0.1, -0.05) is 36.4 Å². The number of morpholine rings is 2. The van der Waals surface area contributed by atoms with Crippen molar-refractivity contribution in [1.29, 1.82) is 0 Å². The van der Waals surface area contributed by atoms with Crippen LogP contribution in [0.4, 0.5) is 11.4 Å². The monoisotopic (exact) mass is 692 g/mol. The molecule has 0 N–H and O–H groups in total. The van der Waals surface area contributed by atoms with Crippen LogP contribution in [-0.4, -0.2) is 64.5 Å². The average Bonchev–Trinajstić information content (AvgIpc) is 3.66. The first-order chi connectivity index (χ1) is 25.5. The molecule has 0 unspecified atom stereocenters. The second kappa shape index (κ2) is 10.8. The molecule has 2 atom stereocenters. The first-order valence-electron chi connectivity index (χ1n) is 17.7. The van der Waals surface area contributed by atoms with Crippen molar-refractivity contribution in [3.05, 3.63) is 142 Å². The lowest BCUT2D eigenvalue weighted by Gasteiger charge is -2.41. The molecule has 0 amide bonds. The van der Waals surface area contributed by atoms with E-state index in [1.807, 2.05) is 72.8 Å². The van der Waals surface area contributed by atoms with Gasteiger partial charge in [0.1, 0.15) is 23.0 Å². The summed E-state index contributed by atoms with van der Waals surface area (Å²) in [5, 5.41) is 0. The Kier molecular flexibility index (Phi) is 6.22. The van der Waals surface area contributed by atoms with E-state index in [-0.39, 0.29) is 0 Å². The van der Waals surface area contributed by atoms with Crippen LogP contribution in [0.25, 0.3) is 0 Å². The van der Waals surface area contributed by atoms with Gasteiger partial charge in [0.15, 0.2) is 11.2 Å². The summed E-state index contributed by atoms with van der Waals surface area (Å²) in [4.78, 5) is 32.0. The number of benzene rings is 5. The van der Waals surface area contributed by atoms with E-state index in [2.05, 4.69) is 21.9 Å². The minimum atomic E-state index is -1.33. The minimum absolute atomic E-state index is 0.422. The molecule has 2 fully saturated rings. The van der Waals surface area contributed by atoms with E-state index in [9.17, 15) is 9.59 Å². The van der Waals surface area contributed by atoms with Crippen molar-refractivity contribution in [2.24, 2.45) is 0 Å². The highest BCUT2D eigenvalue weighted by Crippen LogP contribution is 2.62. The zero-order chi connectivity index (χ0) is 34.6. The van der Waals surface area contributed by atoms with Crippen LogP contribution < -0.4 is 19.3 Å². The Hall–Kier alpha value is -5.84. The van der Waals surface area contributed by atoms with E-state index in [0.717, 1.165) is 48.7 Å². The minimum Gasteiger partial charge on any atom is -0.456 e. The number of carbonyl (C=O) groups excluding carboxylic acids is 2. The highest BCUT2D eigenvalue weighted by atomic mass is 16.6. The Morgan fingerprint density at radius 2 is 0.865 bits per heavy atom. The van der Waals surface area contributed by atoms with Crippen LogP contribution in [0.3, 0.4) is 0 Å².